The van der Waals surface area contributed by atoms with E-state index in [2.05, 4.69) is 42.6 Å². The van der Waals surface area contributed by atoms with Crippen LogP contribution in [0, 0.1) is 5.92 Å². The van der Waals surface area contributed by atoms with Crippen LogP contribution in [0.5, 0.6) is 0 Å². The maximum Gasteiger partial charge on any atom is 0.202 e. The molecule has 0 bridgehead atoms. The molecule has 3 heteroatoms. The van der Waals surface area contributed by atoms with E-state index in [1.165, 1.54) is 0 Å². The highest BCUT2D eigenvalue weighted by Crippen LogP contribution is 2.08. The number of nitrogens with zero attached hydrogens (tertiary/aromatic N) is 2. The Kier molecular flexibility index (Phi) is 3.34. The topological polar surface area (TPSA) is 29.9 Å². The summed E-state index contributed by atoms with van der Waals surface area (Å²) in [7, 11) is 0. The van der Waals surface area contributed by atoms with E-state index in [4.69, 9.17) is 0 Å². The first-order chi connectivity index (χ1) is 6.09. The predicted octanol–water partition coefficient (Wildman–Crippen LogP) is 2.36. The molecule has 0 atom stereocenters. The molecule has 13 heavy (non-hydrogen) atoms. The van der Waals surface area contributed by atoms with Gasteiger partial charge in [-0.1, -0.05) is 13.8 Å². The maximum atomic E-state index is 4.26. The summed E-state index contributed by atoms with van der Waals surface area (Å²) in [4.78, 5) is 4.26. The van der Waals surface area contributed by atoms with Crippen LogP contribution in [0.2, 0.25) is 0 Å². The second-order valence-corrected chi connectivity index (χ2v) is 4.10. The van der Waals surface area contributed by atoms with E-state index >= 15 is 0 Å². The standard InChI is InChI=1S/C10H19N3/c1-8(2)7-13-6-5-11-10(13)12-9(3)4/h5-6,8-9H,7H2,1-4H3,(H,11,12). The third-order valence-corrected chi connectivity index (χ3v) is 1.70. The van der Waals surface area contributed by atoms with E-state index in [0.29, 0.717) is 12.0 Å². The molecule has 0 aromatic carbocycles. The first-order valence-electron chi connectivity index (χ1n) is 4.87. The molecule has 0 aliphatic heterocycles. The van der Waals surface area contributed by atoms with Crippen molar-refractivity contribution in [2.24, 2.45) is 5.92 Å². The zero-order valence-corrected chi connectivity index (χ0v) is 8.91. The van der Waals surface area contributed by atoms with Crippen LogP contribution in [0.25, 0.3) is 0 Å². The fourth-order valence-electron chi connectivity index (χ4n) is 1.25. The normalized spacial score (nSPS) is 11.2. The van der Waals surface area contributed by atoms with Crippen molar-refractivity contribution in [2.75, 3.05) is 5.32 Å². The van der Waals surface area contributed by atoms with Gasteiger partial charge >= 0.3 is 0 Å². The van der Waals surface area contributed by atoms with Gasteiger partial charge in [-0.15, -0.1) is 0 Å². The summed E-state index contributed by atoms with van der Waals surface area (Å²) in [5.41, 5.74) is 0. The number of rotatable bonds is 4. The lowest BCUT2D eigenvalue weighted by molar-refractivity contribution is 0.525. The van der Waals surface area contributed by atoms with E-state index in [9.17, 15) is 0 Å². The fraction of sp³-hybridized carbons (Fsp3) is 0.700. The van der Waals surface area contributed by atoms with Crippen LogP contribution in [0.4, 0.5) is 5.95 Å². The average Bonchev–Trinajstić information content (AvgIpc) is 2.34. The monoisotopic (exact) mass is 181 g/mol. The Hall–Kier alpha value is -0.990. The molecule has 0 radical (unpaired) electrons. The lowest BCUT2D eigenvalue weighted by Crippen LogP contribution is -2.15. The molecule has 0 unspecified atom stereocenters. The molecule has 1 rings (SSSR count). The molecule has 1 aromatic rings. The fourth-order valence-corrected chi connectivity index (χ4v) is 1.25. The number of imidazole rings is 1. The van der Waals surface area contributed by atoms with Crippen molar-refractivity contribution in [1.82, 2.24) is 9.55 Å². The Bertz CT molecular complexity index is 226. The smallest absolute Gasteiger partial charge is 0.202 e. The predicted molar refractivity (Wildman–Crippen MR) is 55.8 cm³/mol. The number of hydrogen-bond acceptors (Lipinski definition) is 2. The highest BCUT2D eigenvalue weighted by Gasteiger charge is 2.04. The summed E-state index contributed by atoms with van der Waals surface area (Å²) < 4.78 is 2.16. The Morgan fingerprint density at radius 1 is 1.38 bits per heavy atom. The molecule has 0 amide bonds. The van der Waals surface area contributed by atoms with Crippen LogP contribution in [0.3, 0.4) is 0 Å². The van der Waals surface area contributed by atoms with Gasteiger partial charge in [0.1, 0.15) is 0 Å². The van der Waals surface area contributed by atoms with Crippen molar-refractivity contribution in [2.45, 2.75) is 40.3 Å². The minimum atomic E-state index is 0.438. The van der Waals surface area contributed by atoms with Crippen molar-refractivity contribution in [3.63, 3.8) is 0 Å². The molecule has 1 N–H and O–H groups in total. The Balaban J connectivity index is 2.65. The van der Waals surface area contributed by atoms with Gasteiger partial charge in [0.2, 0.25) is 5.95 Å². The van der Waals surface area contributed by atoms with E-state index < -0.39 is 0 Å². The van der Waals surface area contributed by atoms with Crippen LogP contribution in [-0.4, -0.2) is 15.6 Å². The van der Waals surface area contributed by atoms with Crippen LogP contribution in [-0.2, 0) is 6.54 Å². The average molecular weight is 181 g/mol. The molecule has 0 aliphatic carbocycles. The van der Waals surface area contributed by atoms with Crippen LogP contribution in [0.15, 0.2) is 12.4 Å². The lowest BCUT2D eigenvalue weighted by atomic mass is 10.2. The molecular formula is C10H19N3. The molecule has 1 heterocycles. The van der Waals surface area contributed by atoms with Crippen molar-refractivity contribution in [3.05, 3.63) is 12.4 Å². The number of hydrogen-bond donors (Lipinski definition) is 1. The van der Waals surface area contributed by atoms with E-state index in [1.807, 2.05) is 12.4 Å². The highest BCUT2D eigenvalue weighted by atomic mass is 15.2. The summed E-state index contributed by atoms with van der Waals surface area (Å²) in [6, 6.07) is 0.438. The van der Waals surface area contributed by atoms with Gasteiger partial charge < -0.3 is 9.88 Å². The summed E-state index contributed by atoms with van der Waals surface area (Å²) in [6.45, 7) is 9.68. The first-order valence-corrected chi connectivity index (χ1v) is 4.87. The van der Waals surface area contributed by atoms with E-state index in [1.54, 1.807) is 0 Å². The van der Waals surface area contributed by atoms with Gasteiger partial charge in [0.25, 0.3) is 0 Å². The zero-order chi connectivity index (χ0) is 9.84. The highest BCUT2D eigenvalue weighted by molar-refractivity contribution is 5.26. The lowest BCUT2D eigenvalue weighted by Gasteiger charge is -2.13. The van der Waals surface area contributed by atoms with Crippen molar-refractivity contribution in [3.8, 4) is 0 Å². The van der Waals surface area contributed by atoms with Crippen molar-refractivity contribution in [1.29, 1.82) is 0 Å². The van der Waals surface area contributed by atoms with Crippen LogP contribution >= 0.6 is 0 Å². The molecule has 0 saturated heterocycles. The first kappa shape index (κ1) is 10.1. The van der Waals surface area contributed by atoms with Gasteiger partial charge in [0.15, 0.2) is 0 Å². The van der Waals surface area contributed by atoms with Crippen LogP contribution < -0.4 is 5.32 Å². The number of nitrogens with one attached hydrogen (secondary N) is 1. The quantitative estimate of drug-likeness (QED) is 0.772. The number of aromatic nitrogens is 2. The Labute approximate surface area is 80.2 Å². The van der Waals surface area contributed by atoms with Gasteiger partial charge in [-0.3, -0.25) is 0 Å². The summed E-state index contributed by atoms with van der Waals surface area (Å²) in [5, 5.41) is 3.31. The third kappa shape index (κ3) is 3.09. The van der Waals surface area contributed by atoms with Gasteiger partial charge in [-0.2, -0.15) is 0 Å². The molecule has 74 valence electrons. The third-order valence-electron chi connectivity index (χ3n) is 1.70. The number of anilines is 1. The Morgan fingerprint density at radius 2 is 2.08 bits per heavy atom. The van der Waals surface area contributed by atoms with Crippen molar-refractivity contribution >= 4 is 5.95 Å². The second-order valence-electron chi connectivity index (χ2n) is 4.10. The second kappa shape index (κ2) is 4.30. The van der Waals surface area contributed by atoms with Crippen LogP contribution in [0.1, 0.15) is 27.7 Å². The SMILES string of the molecule is CC(C)Cn1ccnc1NC(C)C. The van der Waals surface area contributed by atoms with Gasteiger partial charge in [0.05, 0.1) is 0 Å². The molecule has 0 aliphatic rings. The molecule has 0 saturated carbocycles. The van der Waals surface area contributed by atoms with Gasteiger partial charge in [0, 0.05) is 25.0 Å². The minimum absolute atomic E-state index is 0.438. The zero-order valence-electron chi connectivity index (χ0n) is 8.91. The van der Waals surface area contributed by atoms with Gasteiger partial charge in [-0.05, 0) is 19.8 Å². The molecule has 0 spiro atoms. The molecule has 3 nitrogen and oxygen atoms in total. The Morgan fingerprint density at radius 3 is 2.62 bits per heavy atom. The summed E-state index contributed by atoms with van der Waals surface area (Å²) in [5.74, 6) is 1.63. The van der Waals surface area contributed by atoms with E-state index in [0.717, 1.165) is 12.5 Å². The van der Waals surface area contributed by atoms with E-state index in [-0.39, 0.29) is 0 Å². The summed E-state index contributed by atoms with van der Waals surface area (Å²) in [6.07, 6.45) is 3.86. The molecule has 1 aromatic heterocycles. The molecular weight excluding hydrogens is 162 g/mol. The van der Waals surface area contributed by atoms with Gasteiger partial charge in [-0.25, -0.2) is 4.98 Å². The maximum absolute atomic E-state index is 4.26. The van der Waals surface area contributed by atoms with Crippen molar-refractivity contribution < 1.29 is 0 Å². The molecule has 0 fully saturated rings. The largest absolute Gasteiger partial charge is 0.353 e. The summed E-state index contributed by atoms with van der Waals surface area (Å²) >= 11 is 0. The minimum Gasteiger partial charge on any atom is -0.353 e.